The molecular formula is C11H14N2S. The Bertz CT molecular complexity index is 353. The fraction of sp³-hybridized carbons (Fsp3) is 0.455. The van der Waals surface area contributed by atoms with Gasteiger partial charge in [-0.2, -0.15) is 5.26 Å². The van der Waals surface area contributed by atoms with Gasteiger partial charge in [-0.3, -0.25) is 0 Å². The SMILES string of the molecule is CSc1nc(CC(C)C)ccc1C#N. The standard InChI is InChI=1S/C11H14N2S/c1-8(2)6-10-5-4-9(7-12)11(13-10)14-3/h4-5,8H,6H2,1-3H3. The molecule has 1 aromatic rings. The van der Waals surface area contributed by atoms with Crippen molar-refractivity contribution in [2.45, 2.75) is 25.3 Å². The molecule has 0 saturated heterocycles. The predicted molar refractivity (Wildman–Crippen MR) is 59.3 cm³/mol. The first-order valence-corrected chi connectivity index (χ1v) is 5.84. The van der Waals surface area contributed by atoms with Crippen molar-refractivity contribution in [1.29, 1.82) is 5.26 Å². The van der Waals surface area contributed by atoms with Gasteiger partial charge in [0.05, 0.1) is 5.56 Å². The van der Waals surface area contributed by atoms with Gasteiger partial charge in [0.1, 0.15) is 11.1 Å². The molecule has 0 radical (unpaired) electrons. The molecule has 3 heteroatoms. The minimum absolute atomic E-state index is 0.602. The summed E-state index contributed by atoms with van der Waals surface area (Å²) in [6.45, 7) is 4.33. The van der Waals surface area contributed by atoms with Crippen molar-refractivity contribution < 1.29 is 0 Å². The molecule has 2 nitrogen and oxygen atoms in total. The van der Waals surface area contributed by atoms with Crippen LogP contribution in [0.3, 0.4) is 0 Å². The largest absolute Gasteiger partial charge is 0.245 e. The van der Waals surface area contributed by atoms with E-state index in [2.05, 4.69) is 24.9 Å². The number of hydrogen-bond acceptors (Lipinski definition) is 3. The highest BCUT2D eigenvalue weighted by atomic mass is 32.2. The van der Waals surface area contributed by atoms with E-state index in [1.807, 2.05) is 18.4 Å². The number of nitriles is 1. The molecule has 0 fully saturated rings. The highest BCUT2D eigenvalue weighted by Gasteiger charge is 2.05. The zero-order chi connectivity index (χ0) is 10.6. The third-order valence-corrected chi connectivity index (χ3v) is 2.55. The second-order valence-electron chi connectivity index (χ2n) is 3.57. The molecule has 0 bridgehead atoms. The fourth-order valence-corrected chi connectivity index (χ4v) is 1.79. The van der Waals surface area contributed by atoms with Gasteiger partial charge in [-0.05, 0) is 30.7 Å². The van der Waals surface area contributed by atoms with Gasteiger partial charge in [-0.25, -0.2) is 4.98 Å². The minimum Gasteiger partial charge on any atom is -0.245 e. The van der Waals surface area contributed by atoms with Crippen LogP contribution in [0, 0.1) is 17.2 Å². The van der Waals surface area contributed by atoms with Crippen LogP contribution in [0.5, 0.6) is 0 Å². The summed E-state index contributed by atoms with van der Waals surface area (Å²) in [5.41, 5.74) is 1.74. The van der Waals surface area contributed by atoms with E-state index in [0.717, 1.165) is 17.1 Å². The molecule has 0 atom stereocenters. The van der Waals surface area contributed by atoms with Crippen LogP contribution in [0.2, 0.25) is 0 Å². The number of nitrogens with zero attached hydrogens (tertiary/aromatic N) is 2. The van der Waals surface area contributed by atoms with Gasteiger partial charge in [0.2, 0.25) is 0 Å². The van der Waals surface area contributed by atoms with Gasteiger partial charge in [0.25, 0.3) is 0 Å². The van der Waals surface area contributed by atoms with Crippen LogP contribution in [0.25, 0.3) is 0 Å². The second-order valence-corrected chi connectivity index (χ2v) is 4.36. The lowest BCUT2D eigenvalue weighted by atomic mass is 10.1. The van der Waals surface area contributed by atoms with Gasteiger partial charge in [-0.1, -0.05) is 13.8 Å². The summed E-state index contributed by atoms with van der Waals surface area (Å²) in [6, 6.07) is 5.94. The van der Waals surface area contributed by atoms with Gasteiger partial charge in [0.15, 0.2) is 0 Å². The van der Waals surface area contributed by atoms with Crippen molar-refractivity contribution in [3.63, 3.8) is 0 Å². The average Bonchev–Trinajstić information content (AvgIpc) is 2.16. The molecule has 0 aliphatic heterocycles. The number of hydrogen-bond donors (Lipinski definition) is 0. The zero-order valence-electron chi connectivity index (χ0n) is 8.74. The van der Waals surface area contributed by atoms with Crippen LogP contribution in [0.1, 0.15) is 25.1 Å². The van der Waals surface area contributed by atoms with E-state index in [1.165, 1.54) is 11.8 Å². The van der Waals surface area contributed by atoms with E-state index >= 15 is 0 Å². The summed E-state index contributed by atoms with van der Waals surface area (Å²) < 4.78 is 0. The molecule has 0 spiro atoms. The minimum atomic E-state index is 0.602. The highest BCUT2D eigenvalue weighted by Crippen LogP contribution is 2.18. The third-order valence-electron chi connectivity index (χ3n) is 1.85. The second kappa shape index (κ2) is 5.02. The Labute approximate surface area is 89.4 Å². The van der Waals surface area contributed by atoms with E-state index < -0.39 is 0 Å². The Morgan fingerprint density at radius 1 is 1.50 bits per heavy atom. The van der Waals surface area contributed by atoms with E-state index in [9.17, 15) is 0 Å². The number of thioether (sulfide) groups is 1. The van der Waals surface area contributed by atoms with Crippen LogP contribution in [-0.2, 0) is 6.42 Å². The summed E-state index contributed by atoms with van der Waals surface area (Å²) in [6.07, 6.45) is 2.92. The Morgan fingerprint density at radius 3 is 2.71 bits per heavy atom. The molecule has 0 unspecified atom stereocenters. The fourth-order valence-electron chi connectivity index (χ4n) is 1.25. The molecule has 1 rings (SSSR count). The quantitative estimate of drug-likeness (QED) is 0.713. The lowest BCUT2D eigenvalue weighted by Gasteiger charge is -2.06. The van der Waals surface area contributed by atoms with Crippen LogP contribution in [0.4, 0.5) is 0 Å². The van der Waals surface area contributed by atoms with E-state index in [0.29, 0.717) is 11.5 Å². The summed E-state index contributed by atoms with van der Waals surface area (Å²) in [7, 11) is 0. The molecule has 1 heterocycles. The Balaban J connectivity index is 2.97. The number of aromatic nitrogens is 1. The van der Waals surface area contributed by atoms with Crippen molar-refractivity contribution in [1.82, 2.24) is 4.98 Å². The van der Waals surface area contributed by atoms with Crippen molar-refractivity contribution >= 4 is 11.8 Å². The average molecular weight is 206 g/mol. The lowest BCUT2D eigenvalue weighted by molar-refractivity contribution is 0.631. The van der Waals surface area contributed by atoms with Gasteiger partial charge >= 0.3 is 0 Å². The first-order chi connectivity index (χ1) is 6.67. The molecule has 0 aliphatic rings. The Kier molecular flexibility index (Phi) is 3.97. The molecule has 74 valence electrons. The van der Waals surface area contributed by atoms with Gasteiger partial charge in [-0.15, -0.1) is 11.8 Å². The zero-order valence-corrected chi connectivity index (χ0v) is 9.56. The molecular weight excluding hydrogens is 192 g/mol. The lowest BCUT2D eigenvalue weighted by Crippen LogP contribution is -1.99. The maximum absolute atomic E-state index is 8.82. The van der Waals surface area contributed by atoms with Crippen molar-refractivity contribution in [3.8, 4) is 6.07 Å². The summed E-state index contributed by atoms with van der Waals surface area (Å²) in [4.78, 5) is 4.44. The normalized spacial score (nSPS) is 10.2. The van der Waals surface area contributed by atoms with Crippen molar-refractivity contribution in [2.24, 2.45) is 5.92 Å². The maximum Gasteiger partial charge on any atom is 0.114 e. The maximum atomic E-state index is 8.82. The molecule has 1 aromatic heterocycles. The summed E-state index contributed by atoms with van der Waals surface area (Å²) >= 11 is 1.53. The molecule has 0 aromatic carbocycles. The van der Waals surface area contributed by atoms with E-state index in [4.69, 9.17) is 5.26 Å². The Morgan fingerprint density at radius 2 is 2.21 bits per heavy atom. The number of pyridine rings is 1. The van der Waals surface area contributed by atoms with Crippen LogP contribution >= 0.6 is 11.8 Å². The molecule has 0 amide bonds. The van der Waals surface area contributed by atoms with Gasteiger partial charge < -0.3 is 0 Å². The molecule has 0 N–H and O–H groups in total. The van der Waals surface area contributed by atoms with Gasteiger partial charge in [0, 0.05) is 5.69 Å². The first-order valence-electron chi connectivity index (χ1n) is 4.61. The third kappa shape index (κ3) is 2.74. The first kappa shape index (κ1) is 11.1. The predicted octanol–water partition coefficient (Wildman–Crippen LogP) is 2.87. The number of rotatable bonds is 3. The van der Waals surface area contributed by atoms with Crippen molar-refractivity contribution in [3.05, 3.63) is 23.4 Å². The van der Waals surface area contributed by atoms with Crippen LogP contribution in [0.15, 0.2) is 17.2 Å². The van der Waals surface area contributed by atoms with Crippen LogP contribution in [-0.4, -0.2) is 11.2 Å². The molecule has 0 aliphatic carbocycles. The van der Waals surface area contributed by atoms with E-state index in [1.54, 1.807) is 0 Å². The van der Waals surface area contributed by atoms with Crippen molar-refractivity contribution in [2.75, 3.05) is 6.26 Å². The smallest absolute Gasteiger partial charge is 0.114 e. The topological polar surface area (TPSA) is 36.7 Å². The van der Waals surface area contributed by atoms with E-state index in [-0.39, 0.29) is 0 Å². The summed E-state index contributed by atoms with van der Waals surface area (Å²) in [5.74, 6) is 0.602. The monoisotopic (exact) mass is 206 g/mol. The molecule has 0 saturated carbocycles. The summed E-state index contributed by atoms with van der Waals surface area (Å²) in [5, 5.41) is 9.66. The molecule has 14 heavy (non-hydrogen) atoms. The Hall–Kier alpha value is -1.01. The highest BCUT2D eigenvalue weighted by molar-refractivity contribution is 7.98. The van der Waals surface area contributed by atoms with Crippen LogP contribution < -0.4 is 0 Å².